The van der Waals surface area contributed by atoms with Crippen LogP contribution < -0.4 is 5.73 Å². The van der Waals surface area contributed by atoms with Crippen LogP contribution in [0, 0.1) is 0 Å². The summed E-state index contributed by atoms with van der Waals surface area (Å²) in [5, 5.41) is 1.12. The zero-order valence-electron chi connectivity index (χ0n) is 10.0. The lowest BCUT2D eigenvalue weighted by atomic mass is 9.99. The van der Waals surface area contributed by atoms with Gasteiger partial charge in [-0.05, 0) is 32.6 Å². The molecule has 1 heterocycles. The Kier molecular flexibility index (Phi) is 3.95. The topological polar surface area (TPSA) is 48.1 Å². The molecular weight excluding hydrogens is 220 g/mol. The molecule has 2 rings (SSSR count). The SMILES string of the molecule is CCOC(CC)c1nc2c(s1)CCCC2N. The van der Waals surface area contributed by atoms with Crippen molar-refractivity contribution in [3.8, 4) is 0 Å². The van der Waals surface area contributed by atoms with Crippen LogP contribution in [-0.4, -0.2) is 11.6 Å². The minimum atomic E-state index is 0.146. The molecule has 0 radical (unpaired) electrons. The highest BCUT2D eigenvalue weighted by Gasteiger charge is 2.24. The van der Waals surface area contributed by atoms with Crippen molar-refractivity contribution in [2.75, 3.05) is 6.61 Å². The molecule has 90 valence electrons. The van der Waals surface area contributed by atoms with Crippen LogP contribution in [0.3, 0.4) is 0 Å². The van der Waals surface area contributed by atoms with E-state index in [1.165, 1.54) is 11.3 Å². The van der Waals surface area contributed by atoms with Gasteiger partial charge in [0.25, 0.3) is 0 Å². The van der Waals surface area contributed by atoms with Crippen molar-refractivity contribution in [1.29, 1.82) is 0 Å². The van der Waals surface area contributed by atoms with E-state index in [0.717, 1.165) is 36.6 Å². The fourth-order valence-corrected chi connectivity index (χ4v) is 3.48. The molecule has 3 nitrogen and oxygen atoms in total. The van der Waals surface area contributed by atoms with Crippen LogP contribution in [0.5, 0.6) is 0 Å². The Morgan fingerprint density at radius 2 is 2.38 bits per heavy atom. The maximum atomic E-state index is 6.08. The Bertz CT molecular complexity index is 351. The highest BCUT2D eigenvalue weighted by Crippen LogP contribution is 2.35. The van der Waals surface area contributed by atoms with Crippen molar-refractivity contribution >= 4 is 11.3 Å². The van der Waals surface area contributed by atoms with E-state index in [4.69, 9.17) is 15.5 Å². The third kappa shape index (κ3) is 2.29. The van der Waals surface area contributed by atoms with Gasteiger partial charge >= 0.3 is 0 Å². The third-order valence-corrected chi connectivity index (χ3v) is 4.25. The molecule has 1 aliphatic carbocycles. The number of aromatic nitrogens is 1. The first-order chi connectivity index (χ1) is 7.76. The van der Waals surface area contributed by atoms with Crippen molar-refractivity contribution < 1.29 is 4.74 Å². The summed E-state index contributed by atoms with van der Waals surface area (Å²) in [6.45, 7) is 4.91. The molecule has 1 aromatic heterocycles. The number of aryl methyl sites for hydroxylation is 1. The Morgan fingerprint density at radius 3 is 3.00 bits per heavy atom. The predicted octanol–water partition coefficient (Wildman–Crippen LogP) is 2.97. The first-order valence-electron chi connectivity index (χ1n) is 6.12. The van der Waals surface area contributed by atoms with Gasteiger partial charge < -0.3 is 10.5 Å². The van der Waals surface area contributed by atoms with E-state index < -0.39 is 0 Å². The van der Waals surface area contributed by atoms with Gasteiger partial charge in [-0.2, -0.15) is 0 Å². The number of hydrogen-bond donors (Lipinski definition) is 1. The van der Waals surface area contributed by atoms with Crippen LogP contribution in [0.4, 0.5) is 0 Å². The van der Waals surface area contributed by atoms with Gasteiger partial charge in [-0.15, -0.1) is 11.3 Å². The Morgan fingerprint density at radius 1 is 1.56 bits per heavy atom. The van der Waals surface area contributed by atoms with Gasteiger partial charge in [-0.1, -0.05) is 6.92 Å². The highest BCUT2D eigenvalue weighted by molar-refractivity contribution is 7.11. The molecule has 1 aromatic rings. The van der Waals surface area contributed by atoms with Gasteiger partial charge in [0.15, 0.2) is 0 Å². The molecule has 0 bridgehead atoms. The van der Waals surface area contributed by atoms with Gasteiger partial charge in [0.1, 0.15) is 11.1 Å². The van der Waals surface area contributed by atoms with Crippen molar-refractivity contribution in [3.63, 3.8) is 0 Å². The molecule has 2 atom stereocenters. The molecule has 1 aliphatic rings. The van der Waals surface area contributed by atoms with Gasteiger partial charge in [-0.25, -0.2) is 4.98 Å². The number of rotatable bonds is 4. The van der Waals surface area contributed by atoms with Crippen molar-refractivity contribution in [2.45, 2.75) is 51.7 Å². The zero-order valence-corrected chi connectivity index (χ0v) is 10.8. The molecule has 0 fully saturated rings. The minimum Gasteiger partial charge on any atom is -0.371 e. The third-order valence-electron chi connectivity index (χ3n) is 3.03. The summed E-state index contributed by atoms with van der Waals surface area (Å²) < 4.78 is 5.70. The Hall–Kier alpha value is -0.450. The van der Waals surface area contributed by atoms with Crippen LogP contribution in [0.1, 0.15) is 60.8 Å². The maximum Gasteiger partial charge on any atom is 0.122 e. The quantitative estimate of drug-likeness (QED) is 0.880. The smallest absolute Gasteiger partial charge is 0.122 e. The van der Waals surface area contributed by atoms with Gasteiger partial charge in [-0.3, -0.25) is 0 Å². The molecule has 0 saturated heterocycles. The summed E-state index contributed by atoms with van der Waals surface area (Å²) in [6, 6.07) is 0.146. The summed E-state index contributed by atoms with van der Waals surface area (Å²) >= 11 is 1.80. The summed E-state index contributed by atoms with van der Waals surface area (Å²) in [4.78, 5) is 6.07. The molecule has 0 aromatic carbocycles. The van der Waals surface area contributed by atoms with E-state index >= 15 is 0 Å². The second-order valence-corrected chi connectivity index (χ2v) is 5.33. The van der Waals surface area contributed by atoms with E-state index in [1.807, 2.05) is 6.92 Å². The number of nitrogens with zero attached hydrogens (tertiary/aromatic N) is 1. The van der Waals surface area contributed by atoms with E-state index in [-0.39, 0.29) is 12.1 Å². The van der Waals surface area contributed by atoms with Gasteiger partial charge in [0.2, 0.25) is 0 Å². The average molecular weight is 240 g/mol. The molecule has 16 heavy (non-hydrogen) atoms. The molecular formula is C12H20N2OS. The normalized spacial score (nSPS) is 21.8. The van der Waals surface area contributed by atoms with Gasteiger partial charge in [0.05, 0.1) is 5.69 Å². The summed E-state index contributed by atoms with van der Waals surface area (Å²) in [5.74, 6) is 0. The average Bonchev–Trinajstić information content (AvgIpc) is 2.71. The maximum absolute atomic E-state index is 6.08. The monoisotopic (exact) mass is 240 g/mol. The number of nitrogens with two attached hydrogens (primary N) is 1. The summed E-state index contributed by atoms with van der Waals surface area (Å²) in [6.07, 6.45) is 4.55. The standard InChI is InChI=1S/C12H20N2OS/c1-3-9(15-4-2)12-14-11-8(13)6-5-7-10(11)16-12/h8-9H,3-7,13H2,1-2H3. The zero-order chi connectivity index (χ0) is 11.5. The lowest BCUT2D eigenvalue weighted by Gasteiger charge is -2.15. The molecule has 0 saturated carbocycles. The van der Waals surface area contributed by atoms with E-state index in [2.05, 4.69) is 6.92 Å². The molecule has 0 spiro atoms. The van der Waals surface area contributed by atoms with Crippen LogP contribution >= 0.6 is 11.3 Å². The molecule has 2 N–H and O–H groups in total. The Labute approximate surface area is 101 Å². The summed E-state index contributed by atoms with van der Waals surface area (Å²) in [7, 11) is 0. The first-order valence-corrected chi connectivity index (χ1v) is 6.94. The Balaban J connectivity index is 2.22. The first kappa shape index (κ1) is 12.0. The fourth-order valence-electron chi connectivity index (χ4n) is 2.17. The van der Waals surface area contributed by atoms with Crippen LogP contribution in [0.25, 0.3) is 0 Å². The fraction of sp³-hybridized carbons (Fsp3) is 0.750. The lowest BCUT2D eigenvalue weighted by molar-refractivity contribution is 0.0595. The van der Waals surface area contributed by atoms with Gasteiger partial charge in [0, 0.05) is 17.5 Å². The summed E-state index contributed by atoms with van der Waals surface area (Å²) in [5.41, 5.74) is 7.21. The van der Waals surface area contributed by atoms with E-state index in [1.54, 1.807) is 11.3 Å². The minimum absolute atomic E-state index is 0.146. The van der Waals surface area contributed by atoms with Crippen LogP contribution in [0.2, 0.25) is 0 Å². The van der Waals surface area contributed by atoms with Crippen LogP contribution in [-0.2, 0) is 11.2 Å². The number of thiazole rings is 1. The van der Waals surface area contributed by atoms with Crippen molar-refractivity contribution in [1.82, 2.24) is 4.98 Å². The predicted molar refractivity (Wildman–Crippen MR) is 66.6 cm³/mol. The van der Waals surface area contributed by atoms with Crippen LogP contribution in [0.15, 0.2) is 0 Å². The number of ether oxygens (including phenoxy) is 1. The second-order valence-electron chi connectivity index (χ2n) is 4.21. The van der Waals surface area contributed by atoms with Crippen molar-refractivity contribution in [3.05, 3.63) is 15.6 Å². The number of fused-ring (bicyclic) bond motifs is 1. The molecule has 2 unspecified atom stereocenters. The molecule has 4 heteroatoms. The number of hydrogen-bond acceptors (Lipinski definition) is 4. The van der Waals surface area contributed by atoms with E-state index in [9.17, 15) is 0 Å². The van der Waals surface area contributed by atoms with Crippen molar-refractivity contribution in [2.24, 2.45) is 5.73 Å². The second kappa shape index (κ2) is 5.25. The lowest BCUT2D eigenvalue weighted by Crippen LogP contribution is -2.16. The highest BCUT2D eigenvalue weighted by atomic mass is 32.1. The molecule has 0 aliphatic heterocycles. The largest absolute Gasteiger partial charge is 0.371 e. The molecule has 0 amide bonds. The van der Waals surface area contributed by atoms with E-state index in [0.29, 0.717) is 0 Å².